The average Bonchev–Trinajstić information content (AvgIpc) is 2.98. The number of ether oxygens (including phenoxy) is 2. The van der Waals surface area contributed by atoms with Gasteiger partial charge in [0.25, 0.3) is 5.91 Å². The first-order valence-corrected chi connectivity index (χ1v) is 17.8. The van der Waals surface area contributed by atoms with E-state index in [1.807, 2.05) is 27.7 Å². The maximum absolute atomic E-state index is 14.2. The van der Waals surface area contributed by atoms with Gasteiger partial charge in [0.05, 0.1) is 30.2 Å². The molecule has 11 nitrogen and oxygen atoms in total. The van der Waals surface area contributed by atoms with Crippen LogP contribution >= 0.6 is 0 Å². The van der Waals surface area contributed by atoms with Gasteiger partial charge in [0.2, 0.25) is 10.0 Å². The summed E-state index contributed by atoms with van der Waals surface area (Å²) in [5.41, 5.74) is 0.369. The Bertz CT molecular complexity index is 1420. The highest BCUT2D eigenvalue weighted by atomic mass is 32.2. The lowest BCUT2D eigenvalue weighted by Crippen LogP contribution is -2.61. The van der Waals surface area contributed by atoms with Gasteiger partial charge >= 0.3 is 0 Å². The van der Waals surface area contributed by atoms with Gasteiger partial charge in [0.15, 0.2) is 11.6 Å². The first-order chi connectivity index (χ1) is 21.5. The van der Waals surface area contributed by atoms with Crippen molar-refractivity contribution in [3.63, 3.8) is 0 Å². The van der Waals surface area contributed by atoms with Gasteiger partial charge in [-0.2, -0.15) is 0 Å². The smallest absolute Gasteiger partial charge is 0.257 e. The van der Waals surface area contributed by atoms with Crippen LogP contribution in [0.2, 0.25) is 0 Å². The predicted octanol–water partition coefficient (Wildman–Crippen LogP) is 4.06. The molecule has 248 valence electrons. The molecule has 2 atom stereocenters. The van der Waals surface area contributed by atoms with Crippen LogP contribution in [0.25, 0.3) is 0 Å². The molecule has 1 aromatic carbocycles. The topological polar surface area (TPSA) is 117 Å². The van der Waals surface area contributed by atoms with Crippen molar-refractivity contribution in [3.8, 4) is 11.5 Å². The van der Waals surface area contributed by atoms with E-state index >= 15 is 0 Å². The number of amides is 1. The largest absolute Gasteiger partial charge is 0.451 e. The van der Waals surface area contributed by atoms with Gasteiger partial charge < -0.3 is 24.2 Å². The van der Waals surface area contributed by atoms with Crippen LogP contribution < -0.4 is 14.4 Å². The van der Waals surface area contributed by atoms with Crippen LogP contribution in [0.5, 0.6) is 11.5 Å². The Morgan fingerprint density at radius 3 is 2.60 bits per heavy atom. The van der Waals surface area contributed by atoms with Crippen molar-refractivity contribution in [1.82, 2.24) is 24.5 Å². The molecule has 1 N–H and O–H groups in total. The number of carbonyl (C=O) groups excluding carboxylic acids is 1. The minimum absolute atomic E-state index is 0.0424. The first-order valence-electron chi connectivity index (χ1n) is 16.2. The number of hydrogen-bond acceptors (Lipinski definition) is 9. The van der Waals surface area contributed by atoms with Crippen molar-refractivity contribution in [2.45, 2.75) is 78.0 Å². The number of sulfonamides is 1. The molecule has 0 aliphatic carbocycles. The molecule has 3 aliphatic rings. The van der Waals surface area contributed by atoms with E-state index in [0.717, 1.165) is 58.4 Å². The summed E-state index contributed by atoms with van der Waals surface area (Å²) in [4.78, 5) is 28.3. The number of halogens is 1. The van der Waals surface area contributed by atoms with Crippen LogP contribution in [-0.4, -0.2) is 104 Å². The van der Waals surface area contributed by atoms with Crippen molar-refractivity contribution >= 4 is 21.7 Å². The van der Waals surface area contributed by atoms with Gasteiger partial charge in [-0.1, -0.05) is 6.92 Å². The molecule has 1 aromatic heterocycles. The molecule has 45 heavy (non-hydrogen) atoms. The van der Waals surface area contributed by atoms with Crippen LogP contribution in [0.4, 0.5) is 10.2 Å². The Hall–Kier alpha value is -2.87. The fourth-order valence-corrected chi connectivity index (χ4v) is 8.10. The Kier molecular flexibility index (Phi) is 10.6. The van der Waals surface area contributed by atoms with Crippen molar-refractivity contribution in [2.24, 2.45) is 5.41 Å². The normalized spacial score (nSPS) is 22.0. The van der Waals surface area contributed by atoms with E-state index in [-0.39, 0.29) is 46.6 Å². The monoisotopic (exact) mass is 646 g/mol. The second-order valence-corrected chi connectivity index (χ2v) is 14.8. The number of hydrogen-bond donors (Lipinski definition) is 1. The summed E-state index contributed by atoms with van der Waals surface area (Å²) in [6.45, 7) is 13.1. The molecule has 4 heterocycles. The molecule has 13 heteroatoms. The summed E-state index contributed by atoms with van der Waals surface area (Å²) < 4.78 is 53.5. The maximum atomic E-state index is 14.2. The Balaban J connectivity index is 1.14. The van der Waals surface area contributed by atoms with Crippen molar-refractivity contribution in [2.75, 3.05) is 56.5 Å². The molecule has 3 fully saturated rings. The molecular formula is C32H47FN6O5S. The highest BCUT2D eigenvalue weighted by Gasteiger charge is 2.46. The molecule has 0 radical (unpaired) electrons. The predicted molar refractivity (Wildman–Crippen MR) is 171 cm³/mol. The number of nitrogens with zero attached hydrogens (tertiary/aromatic N) is 5. The third kappa shape index (κ3) is 8.11. The lowest BCUT2D eigenvalue weighted by Gasteiger charge is -2.54. The number of rotatable bonds is 12. The summed E-state index contributed by atoms with van der Waals surface area (Å²) in [6.07, 6.45) is 7.59. The van der Waals surface area contributed by atoms with Gasteiger partial charge in [0, 0.05) is 43.7 Å². The number of nitrogens with one attached hydrogen (secondary N) is 1. The van der Waals surface area contributed by atoms with Crippen molar-refractivity contribution < 1.29 is 27.1 Å². The number of carbonyl (C=O) groups is 1. The molecular weight excluding hydrogens is 599 g/mol. The fraction of sp³-hybridized carbons (Fsp3) is 0.656. The number of likely N-dealkylation sites (tertiary alicyclic amines) is 1. The average molecular weight is 647 g/mol. The van der Waals surface area contributed by atoms with Crippen LogP contribution in [-0.2, 0) is 14.8 Å². The Labute approximate surface area is 266 Å². The zero-order chi connectivity index (χ0) is 32.2. The molecule has 1 spiro atoms. The number of benzene rings is 1. The summed E-state index contributed by atoms with van der Waals surface area (Å²) in [5.74, 6) is 0.734. The molecule has 0 saturated carbocycles. The van der Waals surface area contributed by atoms with Crippen molar-refractivity contribution in [3.05, 3.63) is 42.1 Å². The first kappa shape index (κ1) is 33.5. The standard InChI is InChI=1S/C32H47FN6O5S/c1-5-15-45(41,42)36-25-8-9-26(43-19-25)18-37-13-11-32(12-14-37)20-38(21-32)30-29(17-34-22-35-30)44-28-10-7-24(33)16-27(28)31(40)39(6-2)23(3)4/h7,10,16-17,22-23,25-26,36H,5-6,8-9,11-15,18-21H2,1-4H3/t25-,26+/m1/s1. The maximum Gasteiger partial charge on any atom is 0.257 e. The fourth-order valence-electron chi connectivity index (χ4n) is 6.75. The van der Waals surface area contributed by atoms with Gasteiger partial charge in [0.1, 0.15) is 17.9 Å². The number of anilines is 1. The van der Waals surface area contributed by atoms with E-state index in [1.165, 1.54) is 24.5 Å². The second-order valence-electron chi connectivity index (χ2n) is 13.0. The molecule has 2 aromatic rings. The summed E-state index contributed by atoms with van der Waals surface area (Å²) in [5, 5.41) is 0. The highest BCUT2D eigenvalue weighted by Crippen LogP contribution is 2.45. The van der Waals surface area contributed by atoms with Gasteiger partial charge in [-0.05, 0) is 84.2 Å². The third-order valence-electron chi connectivity index (χ3n) is 9.20. The molecule has 0 bridgehead atoms. The summed E-state index contributed by atoms with van der Waals surface area (Å²) >= 11 is 0. The van der Waals surface area contributed by atoms with E-state index in [9.17, 15) is 17.6 Å². The quantitative estimate of drug-likeness (QED) is 0.365. The van der Waals surface area contributed by atoms with E-state index in [1.54, 1.807) is 11.1 Å². The second kappa shape index (κ2) is 14.3. The summed E-state index contributed by atoms with van der Waals surface area (Å²) in [6, 6.07) is 3.82. The molecule has 3 aliphatic heterocycles. The zero-order valence-electron chi connectivity index (χ0n) is 26.9. The van der Waals surface area contributed by atoms with E-state index in [0.29, 0.717) is 31.1 Å². The van der Waals surface area contributed by atoms with Gasteiger partial charge in [-0.15, -0.1) is 0 Å². The van der Waals surface area contributed by atoms with Gasteiger partial charge in [-0.25, -0.2) is 27.5 Å². The van der Waals surface area contributed by atoms with E-state index in [2.05, 4.69) is 24.5 Å². The van der Waals surface area contributed by atoms with E-state index < -0.39 is 15.8 Å². The molecule has 3 saturated heterocycles. The molecule has 1 amide bonds. The SMILES string of the molecule is CCCS(=O)(=O)N[C@@H]1CC[C@@H](CN2CCC3(CC2)CN(c2ncncc2Oc2ccc(F)cc2C(=O)N(CC)C(C)C)C3)OC1. The van der Waals surface area contributed by atoms with Crippen LogP contribution in [0.3, 0.4) is 0 Å². The molecule has 0 unspecified atom stereocenters. The highest BCUT2D eigenvalue weighted by molar-refractivity contribution is 7.89. The zero-order valence-corrected chi connectivity index (χ0v) is 27.7. The Morgan fingerprint density at radius 2 is 1.96 bits per heavy atom. The minimum atomic E-state index is -3.23. The number of aromatic nitrogens is 2. The minimum Gasteiger partial charge on any atom is -0.451 e. The van der Waals surface area contributed by atoms with Gasteiger partial charge in [-0.3, -0.25) is 4.79 Å². The lowest BCUT2D eigenvalue weighted by atomic mass is 9.72. The van der Waals surface area contributed by atoms with E-state index in [4.69, 9.17) is 9.47 Å². The lowest BCUT2D eigenvalue weighted by molar-refractivity contribution is -0.0299. The van der Waals surface area contributed by atoms with Crippen LogP contribution in [0, 0.1) is 11.2 Å². The number of piperidine rings is 1. The van der Waals surface area contributed by atoms with Crippen molar-refractivity contribution in [1.29, 1.82) is 0 Å². The third-order valence-corrected chi connectivity index (χ3v) is 10.8. The summed E-state index contributed by atoms with van der Waals surface area (Å²) in [7, 11) is -3.23. The van der Waals surface area contributed by atoms with Crippen LogP contribution in [0.1, 0.15) is 70.2 Å². The molecule has 5 rings (SSSR count). The van der Waals surface area contributed by atoms with Crippen LogP contribution in [0.15, 0.2) is 30.7 Å². The Morgan fingerprint density at radius 1 is 1.20 bits per heavy atom.